The fraction of sp³-hybridized carbons (Fsp3) is 0.300. The Balaban J connectivity index is 1.68. The van der Waals surface area contributed by atoms with Gasteiger partial charge in [0.1, 0.15) is 11.5 Å². The molecule has 1 heterocycles. The number of amides is 2. The van der Waals surface area contributed by atoms with Crippen LogP contribution in [-0.4, -0.2) is 51.1 Å². The molecule has 0 fully saturated rings. The lowest BCUT2D eigenvalue weighted by atomic mass is 10.1. The van der Waals surface area contributed by atoms with Crippen LogP contribution in [0.2, 0.25) is 0 Å². The molecule has 2 N–H and O–H groups in total. The van der Waals surface area contributed by atoms with Gasteiger partial charge in [0.25, 0.3) is 11.8 Å². The smallest absolute Gasteiger partial charge is 0.262 e. The van der Waals surface area contributed by atoms with Crippen molar-refractivity contribution in [3.8, 4) is 11.5 Å². The van der Waals surface area contributed by atoms with Crippen molar-refractivity contribution in [3.05, 3.63) is 53.6 Å². The highest BCUT2D eigenvalue weighted by atomic mass is 16.5. The molecule has 7 heteroatoms. The molecule has 7 nitrogen and oxygen atoms in total. The van der Waals surface area contributed by atoms with Crippen LogP contribution in [-0.2, 0) is 4.79 Å². The number of hydrogen-bond acceptors (Lipinski definition) is 5. The van der Waals surface area contributed by atoms with E-state index < -0.39 is 0 Å². The molecule has 0 aromatic heterocycles. The molecule has 0 aliphatic carbocycles. The molecule has 2 aromatic rings. The van der Waals surface area contributed by atoms with E-state index in [-0.39, 0.29) is 24.5 Å². The fourth-order valence-corrected chi connectivity index (χ4v) is 2.93. The Morgan fingerprint density at radius 2 is 2.00 bits per heavy atom. The Morgan fingerprint density at radius 3 is 2.67 bits per heavy atom. The first-order valence-corrected chi connectivity index (χ1v) is 8.63. The predicted molar refractivity (Wildman–Crippen MR) is 102 cm³/mol. The van der Waals surface area contributed by atoms with Crippen molar-refractivity contribution < 1.29 is 19.1 Å². The molecule has 3 rings (SSSR count). The number of benzene rings is 2. The van der Waals surface area contributed by atoms with Gasteiger partial charge in [0.15, 0.2) is 6.61 Å². The number of anilines is 1. The molecule has 1 aliphatic heterocycles. The van der Waals surface area contributed by atoms with Crippen LogP contribution in [0.15, 0.2) is 42.5 Å². The maximum atomic E-state index is 12.6. The van der Waals surface area contributed by atoms with Crippen LogP contribution in [0.3, 0.4) is 0 Å². The highest BCUT2D eigenvalue weighted by Crippen LogP contribution is 2.28. The Labute approximate surface area is 158 Å². The van der Waals surface area contributed by atoms with Gasteiger partial charge in [0.2, 0.25) is 0 Å². The Bertz CT molecular complexity index is 834. The number of carbonyl (C=O) groups is 2. The molecule has 0 saturated carbocycles. The van der Waals surface area contributed by atoms with E-state index in [9.17, 15) is 9.59 Å². The first-order valence-electron chi connectivity index (χ1n) is 8.63. The topological polar surface area (TPSA) is 79.9 Å². The standard InChI is InChI=1S/C20H23N3O4/c1-23(2)17(13-4-7-15(26-3)8-5-13)11-21-20(25)14-6-9-16-18(10-14)27-12-19(24)22-16/h4-10,17H,11-12H2,1-3H3,(H,21,25)(H,22,24)/t17-/m0/s1. The van der Waals surface area contributed by atoms with Crippen LogP contribution >= 0.6 is 0 Å². The number of fused-ring (bicyclic) bond motifs is 1. The lowest BCUT2D eigenvalue weighted by Crippen LogP contribution is -2.34. The SMILES string of the molecule is COc1ccc([C@H](CNC(=O)c2ccc3c(c2)OCC(=O)N3)N(C)C)cc1. The quantitative estimate of drug-likeness (QED) is 0.815. The number of carbonyl (C=O) groups excluding carboxylic acids is 2. The van der Waals surface area contributed by atoms with Gasteiger partial charge in [-0.05, 0) is 50.0 Å². The minimum atomic E-state index is -0.201. The number of nitrogens with zero attached hydrogens (tertiary/aromatic N) is 1. The molecular weight excluding hydrogens is 346 g/mol. The van der Waals surface area contributed by atoms with E-state index >= 15 is 0 Å². The molecule has 2 amide bonds. The van der Waals surface area contributed by atoms with Crippen LogP contribution in [0.25, 0.3) is 0 Å². The van der Waals surface area contributed by atoms with Crippen LogP contribution in [0, 0.1) is 0 Å². The minimum Gasteiger partial charge on any atom is -0.497 e. The van der Waals surface area contributed by atoms with Crippen molar-refractivity contribution in [3.63, 3.8) is 0 Å². The summed E-state index contributed by atoms with van der Waals surface area (Å²) in [6.07, 6.45) is 0. The Kier molecular flexibility index (Phi) is 5.61. The van der Waals surface area contributed by atoms with Crippen molar-refractivity contribution in [2.45, 2.75) is 6.04 Å². The summed E-state index contributed by atoms with van der Waals surface area (Å²) in [5, 5.41) is 5.68. The molecule has 142 valence electrons. The largest absolute Gasteiger partial charge is 0.497 e. The molecule has 0 spiro atoms. The van der Waals surface area contributed by atoms with E-state index in [1.54, 1.807) is 25.3 Å². The average molecular weight is 369 g/mol. The zero-order valence-corrected chi connectivity index (χ0v) is 15.6. The molecule has 2 aromatic carbocycles. The summed E-state index contributed by atoms with van der Waals surface area (Å²) in [6.45, 7) is 0.408. The van der Waals surface area contributed by atoms with Gasteiger partial charge in [0.05, 0.1) is 18.8 Å². The van der Waals surface area contributed by atoms with Crippen LogP contribution in [0.5, 0.6) is 11.5 Å². The van der Waals surface area contributed by atoms with E-state index in [0.717, 1.165) is 11.3 Å². The maximum absolute atomic E-state index is 12.6. The summed E-state index contributed by atoms with van der Waals surface area (Å²) >= 11 is 0. The lowest BCUT2D eigenvalue weighted by Gasteiger charge is -2.25. The third-order valence-corrected chi connectivity index (χ3v) is 4.46. The Hall–Kier alpha value is -3.06. The van der Waals surface area contributed by atoms with E-state index in [2.05, 4.69) is 10.6 Å². The molecular formula is C20H23N3O4. The fourth-order valence-electron chi connectivity index (χ4n) is 2.93. The third kappa shape index (κ3) is 4.38. The molecule has 0 bridgehead atoms. The third-order valence-electron chi connectivity index (χ3n) is 4.46. The molecule has 0 radical (unpaired) electrons. The lowest BCUT2D eigenvalue weighted by molar-refractivity contribution is -0.118. The van der Waals surface area contributed by atoms with Gasteiger partial charge in [-0.3, -0.25) is 9.59 Å². The average Bonchev–Trinajstić information content (AvgIpc) is 2.67. The summed E-state index contributed by atoms with van der Waals surface area (Å²) in [4.78, 5) is 25.9. The molecule has 27 heavy (non-hydrogen) atoms. The second-order valence-electron chi connectivity index (χ2n) is 6.51. The van der Waals surface area contributed by atoms with Gasteiger partial charge in [0, 0.05) is 12.1 Å². The van der Waals surface area contributed by atoms with Crippen molar-refractivity contribution >= 4 is 17.5 Å². The highest BCUT2D eigenvalue weighted by molar-refractivity contribution is 5.99. The van der Waals surface area contributed by atoms with Crippen molar-refractivity contribution in [1.82, 2.24) is 10.2 Å². The van der Waals surface area contributed by atoms with E-state index in [4.69, 9.17) is 9.47 Å². The molecule has 1 atom stereocenters. The summed E-state index contributed by atoms with van der Waals surface area (Å²) in [5.41, 5.74) is 2.14. The summed E-state index contributed by atoms with van der Waals surface area (Å²) in [6, 6.07) is 12.8. The number of rotatable bonds is 6. The summed E-state index contributed by atoms with van der Waals surface area (Å²) in [5.74, 6) is 0.898. The summed E-state index contributed by atoms with van der Waals surface area (Å²) < 4.78 is 10.6. The minimum absolute atomic E-state index is 0.0213. The second kappa shape index (κ2) is 8.09. The normalized spacial score (nSPS) is 14.0. The van der Waals surface area contributed by atoms with Crippen LogP contribution in [0.4, 0.5) is 5.69 Å². The summed E-state index contributed by atoms with van der Waals surface area (Å²) in [7, 11) is 5.57. The van der Waals surface area contributed by atoms with Crippen molar-refractivity contribution in [2.75, 3.05) is 39.7 Å². The zero-order valence-electron chi connectivity index (χ0n) is 15.6. The molecule has 0 saturated heterocycles. The Morgan fingerprint density at radius 1 is 1.26 bits per heavy atom. The first kappa shape index (κ1) is 18.7. The molecule has 1 aliphatic rings. The van der Waals surface area contributed by atoms with Gasteiger partial charge in [-0.15, -0.1) is 0 Å². The van der Waals surface area contributed by atoms with Crippen molar-refractivity contribution in [2.24, 2.45) is 0 Å². The molecule has 0 unspecified atom stereocenters. The van der Waals surface area contributed by atoms with E-state index in [0.29, 0.717) is 23.5 Å². The number of hydrogen-bond donors (Lipinski definition) is 2. The number of nitrogens with one attached hydrogen (secondary N) is 2. The van der Waals surface area contributed by atoms with Crippen LogP contribution in [0.1, 0.15) is 22.0 Å². The second-order valence-corrected chi connectivity index (χ2v) is 6.51. The van der Waals surface area contributed by atoms with Gasteiger partial charge in [-0.25, -0.2) is 0 Å². The number of ether oxygens (including phenoxy) is 2. The monoisotopic (exact) mass is 369 g/mol. The first-order chi connectivity index (χ1) is 13.0. The van der Waals surface area contributed by atoms with E-state index in [1.807, 2.05) is 43.3 Å². The highest BCUT2D eigenvalue weighted by Gasteiger charge is 2.19. The van der Waals surface area contributed by atoms with E-state index in [1.165, 1.54) is 0 Å². The zero-order chi connectivity index (χ0) is 19.4. The number of likely N-dealkylation sites (N-methyl/N-ethyl adjacent to an activating group) is 1. The number of methoxy groups -OCH3 is 1. The van der Waals surface area contributed by atoms with Crippen LogP contribution < -0.4 is 20.1 Å². The van der Waals surface area contributed by atoms with Gasteiger partial charge in [-0.2, -0.15) is 0 Å². The maximum Gasteiger partial charge on any atom is 0.262 e. The van der Waals surface area contributed by atoms with Gasteiger partial charge in [-0.1, -0.05) is 12.1 Å². The predicted octanol–water partition coefficient (Wildman–Crippen LogP) is 2.06. The van der Waals surface area contributed by atoms with Gasteiger partial charge >= 0.3 is 0 Å². The van der Waals surface area contributed by atoms with Gasteiger partial charge < -0.3 is 25.0 Å². The van der Waals surface area contributed by atoms with Crippen molar-refractivity contribution in [1.29, 1.82) is 0 Å².